The smallest absolute Gasteiger partial charge is 0.191 e. The normalized spacial score (nSPS) is 11.8. The van der Waals surface area contributed by atoms with E-state index in [-0.39, 0.29) is 0 Å². The molecule has 0 radical (unpaired) electrons. The van der Waals surface area contributed by atoms with E-state index in [4.69, 9.17) is 0 Å². The Morgan fingerprint density at radius 1 is 1.25 bits per heavy atom. The zero-order valence-electron chi connectivity index (χ0n) is 15.1. The molecule has 2 heterocycles. The third kappa shape index (κ3) is 5.63. The number of aryl methyl sites for hydroxylation is 4. The number of imidazole rings is 1. The highest BCUT2D eigenvalue weighted by Crippen LogP contribution is 2.17. The van der Waals surface area contributed by atoms with Crippen LogP contribution in [-0.4, -0.2) is 33.6 Å². The van der Waals surface area contributed by atoms with Crippen molar-refractivity contribution >= 4 is 17.3 Å². The minimum absolute atomic E-state index is 0.681. The Morgan fingerprint density at radius 2 is 2.08 bits per heavy atom. The number of thiazole rings is 1. The Kier molecular flexibility index (Phi) is 7.24. The third-order valence-electron chi connectivity index (χ3n) is 3.77. The molecule has 2 rings (SSSR count). The molecule has 0 aliphatic carbocycles. The van der Waals surface area contributed by atoms with Gasteiger partial charge in [-0.1, -0.05) is 0 Å². The van der Waals surface area contributed by atoms with E-state index in [0.717, 1.165) is 55.0 Å². The van der Waals surface area contributed by atoms with Gasteiger partial charge in [-0.25, -0.2) is 15.0 Å². The van der Waals surface area contributed by atoms with Gasteiger partial charge in [0.2, 0.25) is 0 Å². The molecule has 0 saturated carbocycles. The molecule has 6 nitrogen and oxygen atoms in total. The van der Waals surface area contributed by atoms with Crippen molar-refractivity contribution in [3.05, 3.63) is 33.8 Å². The minimum Gasteiger partial charge on any atom is -0.357 e. The summed E-state index contributed by atoms with van der Waals surface area (Å²) in [7, 11) is 0. The average molecular weight is 349 g/mol. The van der Waals surface area contributed by atoms with Gasteiger partial charge >= 0.3 is 0 Å². The van der Waals surface area contributed by atoms with Crippen molar-refractivity contribution in [3.63, 3.8) is 0 Å². The Bertz CT molecular complexity index is 658. The van der Waals surface area contributed by atoms with Crippen LogP contribution >= 0.6 is 11.3 Å². The highest BCUT2D eigenvalue weighted by molar-refractivity contribution is 7.11. The van der Waals surface area contributed by atoms with Gasteiger partial charge in [0.15, 0.2) is 5.96 Å². The number of rotatable bonds is 8. The average Bonchev–Trinajstić information content (AvgIpc) is 3.09. The summed E-state index contributed by atoms with van der Waals surface area (Å²) in [6.45, 7) is 11.7. The fraction of sp³-hybridized carbons (Fsp3) is 0.588. The summed E-state index contributed by atoms with van der Waals surface area (Å²) in [6, 6.07) is 0. The van der Waals surface area contributed by atoms with E-state index in [0.29, 0.717) is 6.54 Å². The molecule has 0 saturated heterocycles. The second-order valence-corrected chi connectivity index (χ2v) is 7.03. The number of aliphatic imine (C=N–C) groups is 1. The Hall–Kier alpha value is -1.89. The lowest BCUT2D eigenvalue weighted by molar-refractivity contribution is 0.588. The summed E-state index contributed by atoms with van der Waals surface area (Å²) >= 11 is 1.72. The molecule has 0 aliphatic heterocycles. The molecule has 0 fully saturated rings. The highest BCUT2D eigenvalue weighted by Gasteiger charge is 2.04. The van der Waals surface area contributed by atoms with E-state index < -0.39 is 0 Å². The summed E-state index contributed by atoms with van der Waals surface area (Å²) in [5.41, 5.74) is 1.09. The second kappa shape index (κ2) is 9.42. The molecule has 0 atom stereocenters. The molecule has 0 bridgehead atoms. The van der Waals surface area contributed by atoms with Gasteiger partial charge in [0.05, 0.1) is 17.2 Å². The topological polar surface area (TPSA) is 67.1 Å². The lowest BCUT2D eigenvalue weighted by atomic mass is 10.3. The van der Waals surface area contributed by atoms with Crippen molar-refractivity contribution in [2.75, 3.05) is 13.1 Å². The van der Waals surface area contributed by atoms with Crippen molar-refractivity contribution in [3.8, 4) is 0 Å². The van der Waals surface area contributed by atoms with Crippen molar-refractivity contribution < 1.29 is 0 Å². The molecule has 132 valence electrons. The third-order valence-corrected chi connectivity index (χ3v) is 4.82. The molecule has 0 unspecified atom stereocenters. The first-order chi connectivity index (χ1) is 11.6. The predicted molar refractivity (Wildman–Crippen MR) is 101 cm³/mol. The molecule has 0 spiro atoms. The first-order valence-corrected chi connectivity index (χ1v) is 9.34. The summed E-state index contributed by atoms with van der Waals surface area (Å²) in [5, 5.41) is 7.81. The van der Waals surface area contributed by atoms with Crippen LogP contribution in [0.25, 0.3) is 0 Å². The largest absolute Gasteiger partial charge is 0.357 e. The van der Waals surface area contributed by atoms with E-state index in [2.05, 4.69) is 37.1 Å². The van der Waals surface area contributed by atoms with Gasteiger partial charge in [-0.2, -0.15) is 0 Å². The highest BCUT2D eigenvalue weighted by atomic mass is 32.1. The fourth-order valence-electron chi connectivity index (χ4n) is 2.47. The van der Waals surface area contributed by atoms with Crippen molar-refractivity contribution in [1.29, 1.82) is 0 Å². The van der Waals surface area contributed by atoms with Gasteiger partial charge < -0.3 is 15.2 Å². The lowest BCUT2D eigenvalue weighted by Crippen LogP contribution is -2.37. The van der Waals surface area contributed by atoms with E-state index in [1.165, 1.54) is 4.88 Å². The molecule has 2 N–H and O–H groups in total. The van der Waals surface area contributed by atoms with Crippen molar-refractivity contribution in [2.45, 2.75) is 53.6 Å². The molecular formula is C17H28N6S. The Labute approximate surface area is 148 Å². The van der Waals surface area contributed by atoms with Gasteiger partial charge in [0.1, 0.15) is 5.82 Å². The van der Waals surface area contributed by atoms with Gasteiger partial charge in [0, 0.05) is 36.9 Å². The van der Waals surface area contributed by atoms with Crippen LogP contribution in [0.15, 0.2) is 17.4 Å². The maximum Gasteiger partial charge on any atom is 0.191 e. The Morgan fingerprint density at radius 3 is 2.71 bits per heavy atom. The van der Waals surface area contributed by atoms with Gasteiger partial charge in [-0.05, 0) is 40.5 Å². The molecule has 7 heteroatoms. The lowest BCUT2D eigenvalue weighted by Gasteiger charge is -2.11. The fourth-order valence-corrected chi connectivity index (χ4v) is 3.33. The van der Waals surface area contributed by atoms with Gasteiger partial charge in [0.25, 0.3) is 0 Å². The molecule has 0 aliphatic rings. The number of nitrogens with one attached hydrogen (secondary N) is 2. The van der Waals surface area contributed by atoms with Crippen LogP contribution in [0, 0.1) is 20.8 Å². The maximum absolute atomic E-state index is 4.67. The zero-order chi connectivity index (χ0) is 17.4. The monoisotopic (exact) mass is 348 g/mol. The van der Waals surface area contributed by atoms with Crippen molar-refractivity contribution in [1.82, 2.24) is 25.2 Å². The summed E-state index contributed by atoms with van der Waals surface area (Å²) in [4.78, 5) is 14.6. The van der Waals surface area contributed by atoms with Gasteiger partial charge in [-0.3, -0.25) is 0 Å². The van der Waals surface area contributed by atoms with Crippen LogP contribution in [0.4, 0.5) is 0 Å². The van der Waals surface area contributed by atoms with E-state index in [1.807, 2.05) is 33.2 Å². The van der Waals surface area contributed by atoms with Crippen LogP contribution in [0.1, 0.15) is 41.2 Å². The quantitative estimate of drug-likeness (QED) is 0.437. The number of hydrogen-bond donors (Lipinski definition) is 2. The molecule has 2 aromatic rings. The van der Waals surface area contributed by atoms with Crippen LogP contribution < -0.4 is 10.6 Å². The van der Waals surface area contributed by atoms with Crippen LogP contribution in [0.3, 0.4) is 0 Å². The van der Waals surface area contributed by atoms with Crippen molar-refractivity contribution in [2.24, 2.45) is 4.99 Å². The first-order valence-electron chi connectivity index (χ1n) is 8.53. The second-order valence-electron chi connectivity index (χ2n) is 5.74. The number of aromatic nitrogens is 3. The SMILES string of the molecule is CCNC(=NCc1sc(C)nc1C)NCCCCn1ccnc1C. The van der Waals surface area contributed by atoms with Crippen LogP contribution in [0.2, 0.25) is 0 Å². The predicted octanol–water partition coefficient (Wildman–Crippen LogP) is 2.80. The summed E-state index contributed by atoms with van der Waals surface area (Å²) in [5.74, 6) is 1.95. The number of nitrogens with zero attached hydrogens (tertiary/aromatic N) is 4. The number of unbranched alkanes of at least 4 members (excludes halogenated alkanes) is 1. The summed E-state index contributed by atoms with van der Waals surface area (Å²) in [6.07, 6.45) is 6.11. The molecular weight excluding hydrogens is 320 g/mol. The minimum atomic E-state index is 0.681. The number of hydrogen-bond acceptors (Lipinski definition) is 4. The van der Waals surface area contributed by atoms with E-state index >= 15 is 0 Å². The van der Waals surface area contributed by atoms with Crippen LogP contribution in [0.5, 0.6) is 0 Å². The molecule has 0 aromatic carbocycles. The molecule has 24 heavy (non-hydrogen) atoms. The Balaban J connectivity index is 1.75. The van der Waals surface area contributed by atoms with E-state index in [9.17, 15) is 0 Å². The molecule has 2 aromatic heterocycles. The maximum atomic E-state index is 4.67. The molecule has 0 amide bonds. The zero-order valence-corrected chi connectivity index (χ0v) is 15.9. The number of guanidine groups is 1. The standard InChI is InChI=1S/C17H28N6S/c1-5-18-17(21-12-16-13(2)22-15(4)24-16)20-8-6-7-10-23-11-9-19-14(23)3/h9,11H,5-8,10,12H2,1-4H3,(H2,18,20,21). The van der Waals surface area contributed by atoms with Crippen LogP contribution in [-0.2, 0) is 13.1 Å². The summed E-state index contributed by atoms with van der Waals surface area (Å²) < 4.78 is 2.19. The van der Waals surface area contributed by atoms with Gasteiger partial charge in [-0.15, -0.1) is 11.3 Å². The first kappa shape index (κ1) is 18.4. The van der Waals surface area contributed by atoms with E-state index in [1.54, 1.807) is 11.3 Å².